The van der Waals surface area contributed by atoms with Crippen LogP contribution in [0.25, 0.3) is 0 Å². The summed E-state index contributed by atoms with van der Waals surface area (Å²) < 4.78 is 5.32. The Labute approximate surface area is 118 Å². The number of nitrogens with one attached hydrogen (secondary N) is 1. The smallest absolute Gasteiger partial charge is 0.287 e. The highest BCUT2D eigenvalue weighted by Crippen LogP contribution is 2.24. The van der Waals surface area contributed by atoms with Crippen LogP contribution in [-0.2, 0) is 4.79 Å². The first kappa shape index (κ1) is 13.2. The van der Waals surface area contributed by atoms with Crippen molar-refractivity contribution in [1.29, 1.82) is 0 Å². The van der Waals surface area contributed by atoms with E-state index in [0.717, 1.165) is 19.3 Å². The van der Waals surface area contributed by atoms with Gasteiger partial charge in [0.2, 0.25) is 5.91 Å². The van der Waals surface area contributed by atoms with E-state index in [9.17, 15) is 9.59 Å². The summed E-state index contributed by atoms with van der Waals surface area (Å²) >= 11 is 0. The molecule has 2 amide bonds. The van der Waals surface area contributed by atoms with Crippen molar-refractivity contribution in [3.63, 3.8) is 0 Å². The molecule has 0 spiro atoms. The van der Waals surface area contributed by atoms with Gasteiger partial charge >= 0.3 is 0 Å². The normalized spacial score (nSPS) is 20.4. The van der Waals surface area contributed by atoms with Crippen molar-refractivity contribution in [2.75, 3.05) is 11.4 Å². The van der Waals surface area contributed by atoms with Crippen molar-refractivity contribution in [3.05, 3.63) is 18.1 Å². The third-order valence-corrected chi connectivity index (χ3v) is 4.13. The molecule has 0 atom stereocenters. The van der Waals surface area contributed by atoms with E-state index in [0.29, 0.717) is 24.4 Å². The molecule has 5 nitrogen and oxygen atoms in total. The van der Waals surface area contributed by atoms with E-state index in [4.69, 9.17) is 4.42 Å². The second-order valence-corrected chi connectivity index (χ2v) is 5.63. The lowest BCUT2D eigenvalue weighted by Gasteiger charge is -2.22. The molecular formula is C15H20N2O3. The third kappa shape index (κ3) is 2.71. The average Bonchev–Trinajstić information content (AvgIpc) is 3.08. The topological polar surface area (TPSA) is 62.6 Å². The van der Waals surface area contributed by atoms with E-state index in [1.54, 1.807) is 11.0 Å². The van der Waals surface area contributed by atoms with Crippen molar-refractivity contribution in [3.8, 4) is 0 Å². The molecule has 0 aromatic carbocycles. The summed E-state index contributed by atoms with van der Waals surface area (Å²) in [5.74, 6) is 0.227. The van der Waals surface area contributed by atoms with E-state index in [-0.39, 0.29) is 17.9 Å². The number of furan rings is 1. The highest BCUT2D eigenvalue weighted by atomic mass is 16.3. The van der Waals surface area contributed by atoms with Crippen molar-refractivity contribution < 1.29 is 14.0 Å². The second kappa shape index (κ2) is 5.69. The molecule has 108 valence electrons. The van der Waals surface area contributed by atoms with E-state index in [1.807, 2.05) is 0 Å². The fourth-order valence-corrected chi connectivity index (χ4v) is 3.01. The molecule has 3 rings (SSSR count). The standard InChI is InChI=1S/C15H20N2O3/c18-14-7-4-8-17(14)12-9-13(20-10-12)15(19)16-11-5-2-1-3-6-11/h9-11H,1-8H2,(H,16,19). The first-order chi connectivity index (χ1) is 9.74. The maximum atomic E-state index is 12.1. The number of amides is 2. The molecule has 1 aromatic rings. The van der Waals surface area contributed by atoms with Gasteiger partial charge in [-0.3, -0.25) is 9.59 Å². The summed E-state index contributed by atoms with van der Waals surface area (Å²) in [5.41, 5.74) is 0.696. The molecule has 0 unspecified atom stereocenters. The summed E-state index contributed by atoms with van der Waals surface area (Å²) in [6.45, 7) is 0.710. The number of carbonyl (C=O) groups excluding carboxylic acids is 2. The van der Waals surface area contributed by atoms with Crippen LogP contribution in [-0.4, -0.2) is 24.4 Å². The Kier molecular flexibility index (Phi) is 3.76. The first-order valence-electron chi connectivity index (χ1n) is 7.44. The minimum absolute atomic E-state index is 0.102. The largest absolute Gasteiger partial charge is 0.457 e. The molecule has 0 bridgehead atoms. The van der Waals surface area contributed by atoms with Gasteiger partial charge in [-0.25, -0.2) is 0 Å². The summed E-state index contributed by atoms with van der Waals surface area (Å²) in [7, 11) is 0. The molecular weight excluding hydrogens is 256 g/mol. The molecule has 1 aromatic heterocycles. The maximum Gasteiger partial charge on any atom is 0.287 e. The monoisotopic (exact) mass is 276 g/mol. The number of anilines is 1. The molecule has 20 heavy (non-hydrogen) atoms. The second-order valence-electron chi connectivity index (χ2n) is 5.63. The van der Waals surface area contributed by atoms with Crippen molar-refractivity contribution in [2.24, 2.45) is 0 Å². The fourth-order valence-electron chi connectivity index (χ4n) is 3.01. The van der Waals surface area contributed by atoms with Crippen LogP contribution in [0, 0.1) is 0 Å². The lowest BCUT2D eigenvalue weighted by Crippen LogP contribution is -2.35. The Bertz CT molecular complexity index is 503. The van der Waals surface area contributed by atoms with Crippen LogP contribution in [0.2, 0.25) is 0 Å². The van der Waals surface area contributed by atoms with Gasteiger partial charge in [0.25, 0.3) is 5.91 Å². The van der Waals surface area contributed by atoms with Gasteiger partial charge in [-0.2, -0.15) is 0 Å². The molecule has 1 saturated heterocycles. The Balaban J connectivity index is 1.63. The van der Waals surface area contributed by atoms with Crippen LogP contribution in [0.5, 0.6) is 0 Å². The third-order valence-electron chi connectivity index (χ3n) is 4.13. The van der Waals surface area contributed by atoms with Crippen molar-refractivity contribution in [2.45, 2.75) is 51.0 Å². The van der Waals surface area contributed by atoms with Crippen molar-refractivity contribution in [1.82, 2.24) is 5.32 Å². The van der Waals surface area contributed by atoms with E-state index >= 15 is 0 Å². The molecule has 1 saturated carbocycles. The van der Waals surface area contributed by atoms with E-state index < -0.39 is 0 Å². The van der Waals surface area contributed by atoms with Gasteiger partial charge in [-0.15, -0.1) is 0 Å². The molecule has 2 heterocycles. The minimum atomic E-state index is -0.171. The highest BCUT2D eigenvalue weighted by molar-refractivity contribution is 5.97. The van der Waals surface area contributed by atoms with E-state index in [2.05, 4.69) is 5.32 Å². The Hall–Kier alpha value is -1.78. The van der Waals surface area contributed by atoms with Gasteiger partial charge in [0.15, 0.2) is 5.76 Å². The van der Waals surface area contributed by atoms with Crippen LogP contribution in [0.3, 0.4) is 0 Å². The molecule has 2 fully saturated rings. The SMILES string of the molecule is O=C(NC1CCCCC1)c1cc(N2CCCC2=O)co1. The molecule has 2 aliphatic rings. The summed E-state index contributed by atoms with van der Waals surface area (Å²) in [4.78, 5) is 25.5. The average molecular weight is 276 g/mol. The summed E-state index contributed by atoms with van der Waals surface area (Å²) in [6.07, 6.45) is 8.65. The molecule has 1 N–H and O–H groups in total. The molecule has 0 radical (unpaired) electrons. The summed E-state index contributed by atoms with van der Waals surface area (Å²) in [5, 5.41) is 3.01. The molecule has 1 aliphatic heterocycles. The van der Waals surface area contributed by atoms with Gasteiger partial charge in [0, 0.05) is 25.1 Å². The lowest BCUT2D eigenvalue weighted by atomic mass is 9.95. The van der Waals surface area contributed by atoms with Crippen LogP contribution in [0.15, 0.2) is 16.7 Å². The van der Waals surface area contributed by atoms with Crippen molar-refractivity contribution >= 4 is 17.5 Å². The van der Waals surface area contributed by atoms with Crippen LogP contribution in [0.1, 0.15) is 55.5 Å². The van der Waals surface area contributed by atoms with Gasteiger partial charge in [-0.1, -0.05) is 19.3 Å². The Morgan fingerprint density at radius 1 is 1.25 bits per heavy atom. The highest BCUT2D eigenvalue weighted by Gasteiger charge is 2.25. The minimum Gasteiger partial charge on any atom is -0.457 e. The molecule has 5 heteroatoms. The van der Waals surface area contributed by atoms with Crippen LogP contribution in [0.4, 0.5) is 5.69 Å². The Morgan fingerprint density at radius 2 is 2.05 bits per heavy atom. The number of hydrogen-bond donors (Lipinski definition) is 1. The van der Waals surface area contributed by atoms with Gasteiger partial charge in [0.05, 0.1) is 5.69 Å². The van der Waals surface area contributed by atoms with Gasteiger partial charge < -0.3 is 14.6 Å². The number of hydrogen-bond acceptors (Lipinski definition) is 3. The number of rotatable bonds is 3. The fraction of sp³-hybridized carbons (Fsp3) is 0.600. The predicted molar refractivity (Wildman–Crippen MR) is 74.6 cm³/mol. The Morgan fingerprint density at radius 3 is 2.75 bits per heavy atom. The summed E-state index contributed by atoms with van der Waals surface area (Å²) in [6, 6.07) is 1.93. The first-order valence-corrected chi connectivity index (χ1v) is 7.44. The van der Waals surface area contributed by atoms with Gasteiger partial charge in [0.1, 0.15) is 6.26 Å². The van der Waals surface area contributed by atoms with Crippen LogP contribution >= 0.6 is 0 Å². The van der Waals surface area contributed by atoms with Crippen LogP contribution < -0.4 is 10.2 Å². The lowest BCUT2D eigenvalue weighted by molar-refractivity contribution is -0.117. The zero-order valence-electron chi connectivity index (χ0n) is 11.6. The zero-order valence-corrected chi connectivity index (χ0v) is 11.6. The number of carbonyl (C=O) groups is 2. The number of nitrogens with zero attached hydrogens (tertiary/aromatic N) is 1. The molecule has 1 aliphatic carbocycles. The quantitative estimate of drug-likeness (QED) is 0.922. The van der Waals surface area contributed by atoms with E-state index in [1.165, 1.54) is 25.5 Å². The zero-order chi connectivity index (χ0) is 13.9. The maximum absolute atomic E-state index is 12.1. The van der Waals surface area contributed by atoms with Gasteiger partial charge in [-0.05, 0) is 19.3 Å². The predicted octanol–water partition coefficient (Wildman–Crippen LogP) is 2.47.